The van der Waals surface area contributed by atoms with Gasteiger partial charge in [-0.05, 0) is 0 Å². The van der Waals surface area contributed by atoms with Gasteiger partial charge in [0.15, 0.2) is 0 Å². The van der Waals surface area contributed by atoms with Crippen molar-refractivity contribution in [2.75, 3.05) is 0 Å². The van der Waals surface area contributed by atoms with Gasteiger partial charge in [0.05, 0.1) is 0 Å². The van der Waals surface area contributed by atoms with E-state index in [0.29, 0.717) is 0 Å². The molecule has 0 fully saturated rings. The van der Waals surface area contributed by atoms with Crippen LogP contribution in [0.25, 0.3) is 0 Å². The number of hydrogen-bond acceptors (Lipinski definition) is 0. The number of benzene rings is 1. The molecule has 3 heteroatoms. The van der Waals surface area contributed by atoms with Crippen LogP contribution >= 0.6 is 0 Å². The van der Waals surface area contributed by atoms with Crippen molar-refractivity contribution in [1.29, 1.82) is 0 Å². The van der Waals surface area contributed by atoms with Crippen molar-refractivity contribution < 1.29 is 22.5 Å². The zero-order valence-corrected chi connectivity index (χ0v) is 7.97. The van der Waals surface area contributed by atoms with Gasteiger partial charge in [0, 0.05) is 0 Å². The van der Waals surface area contributed by atoms with E-state index in [-0.39, 0.29) is 22.5 Å². The zero-order valence-electron chi connectivity index (χ0n) is 4.97. The molecule has 0 spiro atoms. The fourth-order valence-corrected chi connectivity index (χ4v) is 0.750. The summed E-state index contributed by atoms with van der Waals surface area (Å²) in [5.41, 5.74) is 0. The van der Waals surface area contributed by atoms with Crippen LogP contribution < -0.4 is 20.7 Å². The molecule has 2 N–H and O–H groups in total. The summed E-state index contributed by atoms with van der Waals surface area (Å²) >= 11 is 1.90. The van der Waals surface area contributed by atoms with E-state index < -0.39 is 0 Å². The van der Waals surface area contributed by atoms with Crippen molar-refractivity contribution in [2.45, 2.75) is 0 Å². The molecule has 0 heterocycles. The second-order valence-electron chi connectivity index (χ2n) is 1.49. The molecule has 0 bridgehead atoms. The number of halogens is 1. The second-order valence-corrected chi connectivity index (χ2v) is 2.30. The molecule has 0 saturated heterocycles. The van der Waals surface area contributed by atoms with Crippen LogP contribution in [0.4, 0.5) is 0 Å². The monoisotopic (exact) mass is 198 g/mol. The first-order valence-corrected chi connectivity index (χ1v) is 2.97. The zero-order chi connectivity index (χ0) is 5.11. The van der Waals surface area contributed by atoms with Gasteiger partial charge in [-0.15, -0.1) is 0 Å². The molecule has 0 amide bonds. The van der Waals surface area contributed by atoms with Gasteiger partial charge in [-0.2, -0.15) is 0 Å². The van der Waals surface area contributed by atoms with E-state index in [9.17, 15) is 0 Å². The molecule has 1 rings (SSSR count). The van der Waals surface area contributed by atoms with Gasteiger partial charge in [-0.1, -0.05) is 0 Å². The first-order valence-electron chi connectivity index (χ1n) is 2.26. The fourth-order valence-electron chi connectivity index (χ4n) is 0.478. The summed E-state index contributed by atoms with van der Waals surface area (Å²) < 4.78 is 1.35. The Morgan fingerprint density at radius 3 is 1.67 bits per heavy atom. The Kier molecular flexibility index (Phi) is 8.83. The summed E-state index contributed by atoms with van der Waals surface area (Å²) in [5.74, 6) is 0. The average molecular weight is 199 g/mol. The van der Waals surface area contributed by atoms with Crippen molar-refractivity contribution in [3.63, 3.8) is 0 Å². The van der Waals surface area contributed by atoms with Gasteiger partial charge in [0.2, 0.25) is 0 Å². The molecule has 46 valence electrons. The van der Waals surface area contributed by atoms with E-state index in [1.807, 2.05) is 39.9 Å². The van der Waals surface area contributed by atoms with E-state index in [2.05, 4.69) is 12.1 Å². The average Bonchev–Trinajstić information content (AvgIpc) is 1.69. The van der Waals surface area contributed by atoms with Crippen LogP contribution in [0.1, 0.15) is 0 Å². The van der Waals surface area contributed by atoms with Crippen molar-refractivity contribution in [3.8, 4) is 0 Å². The summed E-state index contributed by atoms with van der Waals surface area (Å²) in [5, 5.41) is 0. The third kappa shape index (κ3) is 4.90. The molecule has 0 saturated carbocycles. The van der Waals surface area contributed by atoms with Crippen LogP contribution in [-0.2, 0) is 0 Å². The Bertz CT molecular complexity index is 143. The third-order valence-electron chi connectivity index (χ3n) is 0.843. The number of hydrogen-bond donors (Lipinski definition) is 0. The minimum absolute atomic E-state index is 0. The molecule has 1 aromatic carbocycles. The second kappa shape index (κ2) is 6.54. The Labute approximate surface area is 78.0 Å². The minimum atomic E-state index is 0. The van der Waals surface area contributed by atoms with E-state index >= 15 is 0 Å². The van der Waals surface area contributed by atoms with Crippen molar-refractivity contribution in [2.24, 2.45) is 0 Å². The summed E-state index contributed by atoms with van der Waals surface area (Å²) in [6.45, 7) is 0. The van der Waals surface area contributed by atoms with Crippen LogP contribution in [-0.4, -0.2) is 27.2 Å². The Morgan fingerprint density at radius 1 is 1.00 bits per heavy atom. The van der Waals surface area contributed by atoms with Crippen LogP contribution in [0.2, 0.25) is 0 Å². The molecular weight excluding hydrogens is 192 g/mol. The van der Waals surface area contributed by atoms with E-state index in [1.165, 1.54) is 3.69 Å². The maximum atomic E-state index is 2.10. The van der Waals surface area contributed by atoms with E-state index in [0.717, 1.165) is 0 Å². The third-order valence-corrected chi connectivity index (χ3v) is 1.31. The summed E-state index contributed by atoms with van der Waals surface area (Å²) in [7, 11) is 0. The molecule has 9 heavy (non-hydrogen) atoms. The van der Waals surface area contributed by atoms with Crippen LogP contribution in [0.5, 0.6) is 0 Å². The molecule has 1 nitrogen and oxygen atoms in total. The first-order chi connectivity index (χ1) is 3.39. The molecule has 1 aromatic rings. The Balaban J connectivity index is 0. The molecule has 0 radical (unpaired) electrons. The molecule has 0 aliphatic heterocycles. The van der Waals surface area contributed by atoms with Crippen molar-refractivity contribution in [1.82, 2.24) is 0 Å². The van der Waals surface area contributed by atoms with Crippen molar-refractivity contribution in [3.05, 3.63) is 30.3 Å². The van der Waals surface area contributed by atoms with Gasteiger partial charge in [-0.3, -0.25) is 0 Å². The fraction of sp³-hybridized carbons (Fsp3) is 0. The van der Waals surface area contributed by atoms with Gasteiger partial charge >= 0.3 is 55.7 Å². The molecule has 0 atom stereocenters. The SMILES string of the molecule is O.[Br-].[Mg+][c]1ccccc1. The quantitative estimate of drug-likeness (QED) is 0.391. The van der Waals surface area contributed by atoms with Gasteiger partial charge < -0.3 is 22.5 Å². The van der Waals surface area contributed by atoms with Crippen LogP contribution in [0.15, 0.2) is 30.3 Å². The Hall–Kier alpha value is 0.426. The van der Waals surface area contributed by atoms with E-state index in [1.54, 1.807) is 0 Å². The van der Waals surface area contributed by atoms with Gasteiger partial charge in [0.25, 0.3) is 0 Å². The molecule has 0 aliphatic rings. The molecule has 0 unspecified atom stereocenters. The number of rotatable bonds is 0. The van der Waals surface area contributed by atoms with Gasteiger partial charge in [0.1, 0.15) is 0 Å². The molecule has 0 aromatic heterocycles. The predicted molar refractivity (Wildman–Crippen MR) is 35.4 cm³/mol. The van der Waals surface area contributed by atoms with Gasteiger partial charge in [-0.25, -0.2) is 0 Å². The summed E-state index contributed by atoms with van der Waals surface area (Å²) in [6.07, 6.45) is 0. The first kappa shape index (κ1) is 12.1. The predicted octanol–water partition coefficient (Wildman–Crippen LogP) is -3.34. The normalized spacial score (nSPS) is 6.89. The van der Waals surface area contributed by atoms with E-state index in [4.69, 9.17) is 0 Å². The summed E-state index contributed by atoms with van der Waals surface area (Å²) in [6, 6.07) is 10.3. The maximum absolute atomic E-state index is 2.10. The Morgan fingerprint density at radius 2 is 1.44 bits per heavy atom. The standard InChI is InChI=1S/C6H5.BrH.Mg.H2O/c1-2-4-6-5-3-1;;;/h1-5H;1H;;1H2/q;;+1;/p-1. The summed E-state index contributed by atoms with van der Waals surface area (Å²) in [4.78, 5) is 0. The topological polar surface area (TPSA) is 31.5 Å². The van der Waals surface area contributed by atoms with Crippen LogP contribution in [0.3, 0.4) is 0 Å². The molecular formula is C6H7BrMgO. The molecule has 0 aliphatic carbocycles. The van der Waals surface area contributed by atoms with Crippen molar-refractivity contribution >= 4 is 25.4 Å². The van der Waals surface area contributed by atoms with Crippen LogP contribution in [0, 0.1) is 0 Å².